The van der Waals surface area contributed by atoms with Gasteiger partial charge in [0.1, 0.15) is 0 Å². The van der Waals surface area contributed by atoms with Crippen LogP contribution in [0.5, 0.6) is 0 Å². The summed E-state index contributed by atoms with van der Waals surface area (Å²) in [5, 5.41) is 0. The Morgan fingerprint density at radius 3 is 2.00 bits per heavy atom. The van der Waals surface area contributed by atoms with E-state index in [4.69, 9.17) is 9.47 Å². The predicted octanol–water partition coefficient (Wildman–Crippen LogP) is 3.94. The van der Waals surface area contributed by atoms with Crippen molar-refractivity contribution in [2.24, 2.45) is 11.8 Å². The third kappa shape index (κ3) is 3.86. The molecule has 4 nitrogen and oxygen atoms in total. The smallest absolute Gasteiger partial charge is 0.0609 e. The van der Waals surface area contributed by atoms with Crippen molar-refractivity contribution in [1.29, 1.82) is 0 Å². The van der Waals surface area contributed by atoms with Crippen LogP contribution < -0.4 is 9.80 Å². The van der Waals surface area contributed by atoms with Crippen molar-refractivity contribution in [2.75, 3.05) is 55.9 Å². The maximum absolute atomic E-state index is 5.57. The molecule has 0 amide bonds. The largest absolute Gasteiger partial charge is 0.381 e. The molecule has 0 spiro atoms. The molecule has 1 aromatic rings. The second-order valence-electron chi connectivity index (χ2n) is 8.90. The molecule has 1 aromatic carbocycles. The lowest BCUT2D eigenvalue weighted by molar-refractivity contribution is 0.0657. The molecular formula is C22H34N2O2. The van der Waals surface area contributed by atoms with E-state index in [9.17, 15) is 0 Å². The second kappa shape index (κ2) is 7.77. The molecule has 0 atom stereocenters. The van der Waals surface area contributed by atoms with Crippen LogP contribution in [0.15, 0.2) is 24.3 Å². The van der Waals surface area contributed by atoms with Gasteiger partial charge in [-0.25, -0.2) is 0 Å². The molecule has 0 bridgehead atoms. The van der Waals surface area contributed by atoms with Gasteiger partial charge < -0.3 is 19.3 Å². The van der Waals surface area contributed by atoms with E-state index in [2.05, 4.69) is 47.9 Å². The molecule has 0 radical (unpaired) electrons. The van der Waals surface area contributed by atoms with Gasteiger partial charge in [-0.15, -0.1) is 0 Å². The number of hydrogen-bond donors (Lipinski definition) is 0. The van der Waals surface area contributed by atoms with Crippen LogP contribution in [-0.2, 0) is 9.47 Å². The molecule has 0 aliphatic carbocycles. The van der Waals surface area contributed by atoms with Crippen LogP contribution in [0.2, 0.25) is 0 Å². The zero-order valence-electron chi connectivity index (χ0n) is 16.5. The standard InChI is InChI=1S/C22H34N2O2/c1-22(2)17-23(15-18-7-11-25-12-8-18)20-5-3-4-6-21(20)24(22)16-19-9-13-26-14-10-19/h3-6,18-19H,7-17H2,1-2H3. The van der Waals surface area contributed by atoms with E-state index in [1.807, 2.05) is 0 Å². The first-order valence-corrected chi connectivity index (χ1v) is 10.4. The van der Waals surface area contributed by atoms with Crippen LogP contribution in [-0.4, -0.2) is 51.6 Å². The van der Waals surface area contributed by atoms with E-state index < -0.39 is 0 Å². The molecule has 0 N–H and O–H groups in total. The van der Waals surface area contributed by atoms with E-state index in [0.29, 0.717) is 0 Å². The van der Waals surface area contributed by atoms with Crippen molar-refractivity contribution in [3.63, 3.8) is 0 Å². The molecule has 4 heteroatoms. The van der Waals surface area contributed by atoms with Crippen LogP contribution in [0.25, 0.3) is 0 Å². The van der Waals surface area contributed by atoms with E-state index in [0.717, 1.165) is 57.9 Å². The van der Waals surface area contributed by atoms with E-state index in [1.165, 1.54) is 37.1 Å². The fourth-order valence-electron chi connectivity index (χ4n) is 4.86. The summed E-state index contributed by atoms with van der Waals surface area (Å²) in [6.45, 7) is 12.0. The van der Waals surface area contributed by atoms with Crippen molar-refractivity contribution in [2.45, 2.75) is 45.1 Å². The summed E-state index contributed by atoms with van der Waals surface area (Å²) in [6.07, 6.45) is 4.79. The molecule has 26 heavy (non-hydrogen) atoms. The average Bonchev–Trinajstić information content (AvgIpc) is 2.66. The highest BCUT2D eigenvalue weighted by atomic mass is 16.5. The van der Waals surface area contributed by atoms with Gasteiger partial charge in [-0.2, -0.15) is 0 Å². The fourth-order valence-corrected chi connectivity index (χ4v) is 4.86. The zero-order valence-corrected chi connectivity index (χ0v) is 16.5. The number of nitrogens with zero attached hydrogens (tertiary/aromatic N) is 2. The number of ether oxygens (including phenoxy) is 2. The van der Waals surface area contributed by atoms with Crippen LogP contribution in [0, 0.1) is 11.8 Å². The van der Waals surface area contributed by atoms with Crippen LogP contribution in [0.1, 0.15) is 39.5 Å². The number of fused-ring (bicyclic) bond motifs is 1. The van der Waals surface area contributed by atoms with Crippen molar-refractivity contribution in [1.82, 2.24) is 0 Å². The van der Waals surface area contributed by atoms with Crippen molar-refractivity contribution >= 4 is 11.4 Å². The summed E-state index contributed by atoms with van der Waals surface area (Å²) in [4.78, 5) is 5.32. The number of rotatable bonds is 4. The monoisotopic (exact) mass is 358 g/mol. The minimum atomic E-state index is 0.151. The molecule has 2 saturated heterocycles. The lowest BCUT2D eigenvalue weighted by Gasteiger charge is -2.52. The van der Waals surface area contributed by atoms with Crippen molar-refractivity contribution in [3.8, 4) is 0 Å². The average molecular weight is 359 g/mol. The van der Waals surface area contributed by atoms with Gasteiger partial charge in [0.25, 0.3) is 0 Å². The number of para-hydroxylation sites is 2. The third-order valence-electron chi connectivity index (χ3n) is 6.42. The van der Waals surface area contributed by atoms with Crippen LogP contribution >= 0.6 is 0 Å². The molecule has 4 rings (SSSR count). The second-order valence-corrected chi connectivity index (χ2v) is 8.90. The zero-order chi connectivity index (χ0) is 18.0. The van der Waals surface area contributed by atoms with Gasteiger partial charge in [-0.1, -0.05) is 12.1 Å². The molecule has 0 aromatic heterocycles. The normalized spacial score (nSPS) is 24.5. The molecule has 3 aliphatic heterocycles. The molecule has 2 fully saturated rings. The highest BCUT2D eigenvalue weighted by molar-refractivity contribution is 5.75. The van der Waals surface area contributed by atoms with Crippen molar-refractivity contribution in [3.05, 3.63) is 24.3 Å². The Morgan fingerprint density at radius 2 is 1.38 bits per heavy atom. The van der Waals surface area contributed by atoms with E-state index >= 15 is 0 Å². The Bertz CT molecular complexity index is 592. The Kier molecular flexibility index (Phi) is 5.42. The number of anilines is 2. The lowest BCUT2D eigenvalue weighted by Crippen LogP contribution is -2.58. The third-order valence-corrected chi connectivity index (χ3v) is 6.42. The van der Waals surface area contributed by atoms with Gasteiger partial charge in [0.2, 0.25) is 0 Å². The topological polar surface area (TPSA) is 24.9 Å². The summed E-state index contributed by atoms with van der Waals surface area (Å²) in [7, 11) is 0. The first-order valence-electron chi connectivity index (χ1n) is 10.4. The molecule has 3 heterocycles. The molecule has 0 saturated carbocycles. The minimum Gasteiger partial charge on any atom is -0.381 e. The number of benzene rings is 1. The Balaban J connectivity index is 1.56. The minimum absolute atomic E-state index is 0.151. The summed E-state index contributed by atoms with van der Waals surface area (Å²) in [5.41, 5.74) is 2.99. The SMILES string of the molecule is CC1(C)CN(CC2CCOCC2)c2ccccc2N1CC1CCOCC1. The molecule has 144 valence electrons. The predicted molar refractivity (Wildman–Crippen MR) is 107 cm³/mol. The van der Waals surface area contributed by atoms with Gasteiger partial charge in [0.15, 0.2) is 0 Å². The maximum atomic E-state index is 5.57. The first-order chi connectivity index (χ1) is 12.6. The molecule has 0 unspecified atom stereocenters. The van der Waals surface area contributed by atoms with Gasteiger partial charge in [-0.3, -0.25) is 0 Å². The Morgan fingerprint density at radius 1 is 0.846 bits per heavy atom. The van der Waals surface area contributed by atoms with Gasteiger partial charge >= 0.3 is 0 Å². The highest BCUT2D eigenvalue weighted by Crippen LogP contribution is 2.41. The Hall–Kier alpha value is -1.26. The van der Waals surface area contributed by atoms with E-state index in [1.54, 1.807) is 0 Å². The summed E-state index contributed by atoms with van der Waals surface area (Å²) in [5.74, 6) is 1.51. The van der Waals surface area contributed by atoms with Crippen molar-refractivity contribution < 1.29 is 9.47 Å². The molecular weight excluding hydrogens is 324 g/mol. The fraction of sp³-hybridized carbons (Fsp3) is 0.727. The summed E-state index contributed by atoms with van der Waals surface area (Å²) >= 11 is 0. The quantitative estimate of drug-likeness (QED) is 0.814. The number of hydrogen-bond acceptors (Lipinski definition) is 4. The summed E-state index contributed by atoms with van der Waals surface area (Å²) in [6, 6.07) is 9.04. The highest BCUT2D eigenvalue weighted by Gasteiger charge is 2.38. The summed E-state index contributed by atoms with van der Waals surface area (Å²) < 4.78 is 11.1. The van der Waals surface area contributed by atoms with Crippen LogP contribution in [0.3, 0.4) is 0 Å². The van der Waals surface area contributed by atoms with Gasteiger partial charge in [0.05, 0.1) is 16.9 Å². The van der Waals surface area contributed by atoms with Gasteiger partial charge in [0, 0.05) is 46.1 Å². The maximum Gasteiger partial charge on any atom is 0.0609 e. The Labute approximate surface area is 158 Å². The molecule has 3 aliphatic rings. The van der Waals surface area contributed by atoms with E-state index in [-0.39, 0.29) is 5.54 Å². The lowest BCUT2D eigenvalue weighted by atomic mass is 9.90. The van der Waals surface area contributed by atoms with Gasteiger partial charge in [-0.05, 0) is 63.5 Å². The van der Waals surface area contributed by atoms with Crippen LogP contribution in [0.4, 0.5) is 11.4 Å². The first kappa shape index (κ1) is 18.1.